The van der Waals surface area contributed by atoms with Crippen LogP contribution in [0.2, 0.25) is 0 Å². The molecule has 1 aliphatic rings. The molecule has 0 radical (unpaired) electrons. The number of piperidine rings is 1. The van der Waals surface area contributed by atoms with Crippen molar-refractivity contribution < 1.29 is 4.79 Å². The second kappa shape index (κ2) is 6.01. The number of rotatable bonds is 3. The van der Waals surface area contributed by atoms with Crippen LogP contribution in [0, 0.1) is 6.92 Å². The highest BCUT2D eigenvalue weighted by atomic mass is 16.2. The lowest BCUT2D eigenvalue weighted by Gasteiger charge is -2.32. The van der Waals surface area contributed by atoms with Gasteiger partial charge in [0, 0.05) is 19.1 Å². The van der Waals surface area contributed by atoms with Gasteiger partial charge in [-0.05, 0) is 32.4 Å². The third-order valence-electron chi connectivity index (χ3n) is 3.66. The normalized spacial score (nSPS) is 19.9. The Kier molecular flexibility index (Phi) is 4.37. The van der Waals surface area contributed by atoms with Gasteiger partial charge in [0.1, 0.15) is 0 Å². The summed E-state index contributed by atoms with van der Waals surface area (Å²) in [7, 11) is 1.97. The minimum absolute atomic E-state index is 0.249. The molecular weight excluding hydrogens is 224 g/mol. The third kappa shape index (κ3) is 3.33. The summed E-state index contributed by atoms with van der Waals surface area (Å²) >= 11 is 0. The Bertz CT molecular complexity index is 399. The molecule has 1 atom stereocenters. The molecule has 1 aromatic carbocycles. The van der Waals surface area contributed by atoms with Crippen molar-refractivity contribution in [3.63, 3.8) is 0 Å². The molecule has 18 heavy (non-hydrogen) atoms. The fraction of sp³-hybridized carbons (Fsp3) is 0.533. The summed E-state index contributed by atoms with van der Waals surface area (Å²) < 4.78 is 0. The Labute approximate surface area is 109 Å². The van der Waals surface area contributed by atoms with Gasteiger partial charge in [-0.2, -0.15) is 0 Å². The van der Waals surface area contributed by atoms with E-state index in [0.717, 1.165) is 25.1 Å². The molecule has 1 aromatic rings. The number of hydrogen-bond donors (Lipinski definition) is 1. The van der Waals surface area contributed by atoms with Gasteiger partial charge in [-0.25, -0.2) is 0 Å². The quantitative estimate of drug-likeness (QED) is 0.881. The van der Waals surface area contributed by atoms with Gasteiger partial charge in [0.05, 0.1) is 6.42 Å². The molecule has 3 nitrogen and oxygen atoms in total. The SMILES string of the molecule is CN[C@@H]1CCCN(C(=O)Cc2ccc(C)cc2)C1. The number of benzene rings is 1. The van der Waals surface area contributed by atoms with Crippen LogP contribution in [0.15, 0.2) is 24.3 Å². The van der Waals surface area contributed by atoms with Crippen LogP contribution in [0.1, 0.15) is 24.0 Å². The van der Waals surface area contributed by atoms with Crippen LogP contribution in [0.4, 0.5) is 0 Å². The summed E-state index contributed by atoms with van der Waals surface area (Å²) in [6, 6.07) is 8.69. The minimum Gasteiger partial charge on any atom is -0.341 e. The summed E-state index contributed by atoms with van der Waals surface area (Å²) in [5.41, 5.74) is 2.34. The first kappa shape index (κ1) is 13.1. The van der Waals surface area contributed by atoms with E-state index in [1.165, 1.54) is 12.0 Å². The zero-order valence-corrected chi connectivity index (χ0v) is 11.3. The van der Waals surface area contributed by atoms with Gasteiger partial charge < -0.3 is 10.2 Å². The Morgan fingerprint density at radius 1 is 1.39 bits per heavy atom. The fourth-order valence-corrected chi connectivity index (χ4v) is 2.43. The third-order valence-corrected chi connectivity index (χ3v) is 3.66. The number of likely N-dealkylation sites (N-methyl/N-ethyl adjacent to an activating group) is 1. The Morgan fingerprint density at radius 2 is 2.11 bits per heavy atom. The van der Waals surface area contributed by atoms with Gasteiger partial charge in [-0.1, -0.05) is 29.8 Å². The molecular formula is C15H22N2O. The van der Waals surface area contributed by atoms with Gasteiger partial charge in [0.25, 0.3) is 0 Å². The van der Waals surface area contributed by atoms with E-state index in [4.69, 9.17) is 0 Å². The summed E-state index contributed by atoms with van der Waals surface area (Å²) in [6.45, 7) is 3.82. The standard InChI is InChI=1S/C15H22N2O/c1-12-5-7-13(8-6-12)10-15(18)17-9-3-4-14(11-17)16-2/h5-8,14,16H,3-4,9-11H2,1-2H3/t14-/m1/s1. The molecule has 0 aliphatic carbocycles. The predicted octanol–water partition coefficient (Wildman–Crippen LogP) is 1.75. The van der Waals surface area contributed by atoms with Crippen LogP contribution in [-0.2, 0) is 11.2 Å². The van der Waals surface area contributed by atoms with Crippen molar-refractivity contribution in [2.75, 3.05) is 20.1 Å². The molecule has 1 heterocycles. The van der Waals surface area contributed by atoms with E-state index in [2.05, 4.69) is 24.4 Å². The molecule has 1 aliphatic heterocycles. The van der Waals surface area contributed by atoms with Gasteiger partial charge in [-0.15, -0.1) is 0 Å². The van der Waals surface area contributed by atoms with E-state index in [1.807, 2.05) is 24.1 Å². The first-order valence-electron chi connectivity index (χ1n) is 6.69. The molecule has 0 saturated carbocycles. The average Bonchev–Trinajstić information content (AvgIpc) is 2.41. The maximum atomic E-state index is 12.2. The maximum Gasteiger partial charge on any atom is 0.227 e. The van der Waals surface area contributed by atoms with Crippen molar-refractivity contribution in [3.8, 4) is 0 Å². The molecule has 0 spiro atoms. The summed E-state index contributed by atoms with van der Waals surface area (Å²) in [5, 5.41) is 3.27. The average molecular weight is 246 g/mol. The molecule has 1 N–H and O–H groups in total. The Balaban J connectivity index is 1.93. The van der Waals surface area contributed by atoms with Crippen molar-refractivity contribution in [2.24, 2.45) is 0 Å². The number of hydrogen-bond acceptors (Lipinski definition) is 2. The van der Waals surface area contributed by atoms with E-state index in [9.17, 15) is 4.79 Å². The predicted molar refractivity (Wildman–Crippen MR) is 73.5 cm³/mol. The molecule has 98 valence electrons. The number of nitrogens with one attached hydrogen (secondary N) is 1. The lowest BCUT2D eigenvalue weighted by molar-refractivity contribution is -0.131. The number of aryl methyl sites for hydroxylation is 1. The first-order valence-corrected chi connectivity index (χ1v) is 6.69. The molecule has 1 saturated heterocycles. The zero-order valence-electron chi connectivity index (χ0n) is 11.3. The lowest BCUT2D eigenvalue weighted by atomic mass is 10.0. The minimum atomic E-state index is 0.249. The summed E-state index contributed by atoms with van der Waals surface area (Å²) in [6.07, 6.45) is 2.80. The van der Waals surface area contributed by atoms with Crippen LogP contribution in [0.25, 0.3) is 0 Å². The van der Waals surface area contributed by atoms with Crippen LogP contribution in [0.5, 0.6) is 0 Å². The monoisotopic (exact) mass is 246 g/mol. The Morgan fingerprint density at radius 3 is 2.78 bits per heavy atom. The largest absolute Gasteiger partial charge is 0.341 e. The maximum absolute atomic E-state index is 12.2. The summed E-state index contributed by atoms with van der Waals surface area (Å²) in [4.78, 5) is 14.2. The van der Waals surface area contributed by atoms with Crippen molar-refractivity contribution in [3.05, 3.63) is 35.4 Å². The number of carbonyl (C=O) groups excluding carboxylic acids is 1. The first-order chi connectivity index (χ1) is 8.69. The van der Waals surface area contributed by atoms with E-state index in [0.29, 0.717) is 12.5 Å². The summed E-state index contributed by atoms with van der Waals surface area (Å²) in [5.74, 6) is 0.249. The van der Waals surface area contributed by atoms with Crippen molar-refractivity contribution in [2.45, 2.75) is 32.2 Å². The second-order valence-electron chi connectivity index (χ2n) is 5.13. The van der Waals surface area contributed by atoms with Crippen LogP contribution in [0.3, 0.4) is 0 Å². The van der Waals surface area contributed by atoms with Crippen LogP contribution in [-0.4, -0.2) is 37.0 Å². The fourth-order valence-electron chi connectivity index (χ4n) is 2.43. The number of nitrogens with zero attached hydrogens (tertiary/aromatic N) is 1. The van der Waals surface area contributed by atoms with Crippen molar-refractivity contribution >= 4 is 5.91 Å². The van der Waals surface area contributed by atoms with Crippen LogP contribution < -0.4 is 5.32 Å². The van der Waals surface area contributed by atoms with Crippen molar-refractivity contribution in [1.29, 1.82) is 0 Å². The van der Waals surface area contributed by atoms with Gasteiger partial charge in [-0.3, -0.25) is 4.79 Å². The number of likely N-dealkylation sites (tertiary alicyclic amines) is 1. The molecule has 3 heteroatoms. The molecule has 0 aromatic heterocycles. The van der Waals surface area contributed by atoms with Gasteiger partial charge >= 0.3 is 0 Å². The smallest absolute Gasteiger partial charge is 0.227 e. The van der Waals surface area contributed by atoms with E-state index >= 15 is 0 Å². The molecule has 1 fully saturated rings. The highest BCUT2D eigenvalue weighted by molar-refractivity contribution is 5.78. The zero-order chi connectivity index (χ0) is 13.0. The van der Waals surface area contributed by atoms with Gasteiger partial charge in [0.15, 0.2) is 0 Å². The number of amides is 1. The highest BCUT2D eigenvalue weighted by Gasteiger charge is 2.22. The van der Waals surface area contributed by atoms with Gasteiger partial charge in [0.2, 0.25) is 5.91 Å². The molecule has 1 amide bonds. The van der Waals surface area contributed by atoms with E-state index in [1.54, 1.807) is 0 Å². The van der Waals surface area contributed by atoms with Crippen molar-refractivity contribution in [1.82, 2.24) is 10.2 Å². The number of carbonyl (C=O) groups is 1. The molecule has 2 rings (SSSR count). The topological polar surface area (TPSA) is 32.3 Å². The molecule has 0 bridgehead atoms. The van der Waals surface area contributed by atoms with E-state index < -0.39 is 0 Å². The highest BCUT2D eigenvalue weighted by Crippen LogP contribution is 2.12. The van der Waals surface area contributed by atoms with Crippen LogP contribution >= 0.6 is 0 Å². The lowest BCUT2D eigenvalue weighted by Crippen LogP contribution is -2.47. The van der Waals surface area contributed by atoms with E-state index in [-0.39, 0.29) is 5.91 Å². The second-order valence-corrected chi connectivity index (χ2v) is 5.13. The Hall–Kier alpha value is -1.35. The molecule has 0 unspecified atom stereocenters.